The molecule has 10 nitrogen and oxygen atoms in total. The molecule has 0 atom stereocenters. The molecule has 0 aliphatic carbocycles. The highest BCUT2D eigenvalue weighted by atomic mass is 16.4. The quantitative estimate of drug-likeness (QED) is 0.136. The molecule has 0 heterocycles. The van der Waals surface area contributed by atoms with E-state index in [1.807, 2.05) is 6.07 Å². The third-order valence-corrected chi connectivity index (χ3v) is 6.38. The predicted molar refractivity (Wildman–Crippen MR) is 163 cm³/mol. The van der Waals surface area contributed by atoms with Gasteiger partial charge in [0.1, 0.15) is 0 Å². The van der Waals surface area contributed by atoms with E-state index in [0.29, 0.717) is 11.6 Å². The van der Waals surface area contributed by atoms with Crippen LogP contribution in [0, 0.1) is 0 Å². The van der Waals surface area contributed by atoms with Gasteiger partial charge in [0.05, 0.1) is 22.3 Å². The molecule has 0 spiro atoms. The number of carbonyl (C=O) groups excluding carboxylic acids is 4. The Balaban J connectivity index is 1.46. The third-order valence-electron chi connectivity index (χ3n) is 6.38. The minimum absolute atomic E-state index is 0.118. The molecular weight excluding hydrogens is 564 g/mol. The predicted octanol–water partition coefficient (Wildman–Crippen LogP) is 5.23. The Morgan fingerprint density at radius 3 is 1.61 bits per heavy atom. The molecule has 4 aromatic rings. The minimum atomic E-state index is -1.59. The number of rotatable bonds is 11. The van der Waals surface area contributed by atoms with E-state index in [4.69, 9.17) is 5.73 Å². The lowest BCUT2D eigenvalue weighted by Gasteiger charge is -2.12. The molecule has 0 saturated carbocycles. The van der Waals surface area contributed by atoms with Crippen molar-refractivity contribution in [3.05, 3.63) is 148 Å². The zero-order valence-corrected chi connectivity index (χ0v) is 22.9. The number of primary amides is 1. The van der Waals surface area contributed by atoms with Gasteiger partial charge in [-0.1, -0.05) is 78.9 Å². The molecule has 0 saturated heterocycles. The van der Waals surface area contributed by atoms with Gasteiger partial charge < -0.3 is 21.3 Å². The number of ketones is 2. The third kappa shape index (κ3) is 7.45. The summed E-state index contributed by atoms with van der Waals surface area (Å²) in [5.41, 5.74) is 5.38. The normalized spacial score (nSPS) is 10.9. The van der Waals surface area contributed by atoms with Crippen molar-refractivity contribution in [1.82, 2.24) is 0 Å². The molecule has 4 rings (SSSR count). The van der Waals surface area contributed by atoms with Crippen LogP contribution in [0.25, 0.3) is 12.2 Å². The fourth-order valence-corrected chi connectivity index (χ4v) is 4.15. The Labute approximate surface area is 250 Å². The van der Waals surface area contributed by atoms with Crippen molar-refractivity contribution in [2.45, 2.75) is 0 Å². The maximum absolute atomic E-state index is 13.0. The van der Waals surface area contributed by atoms with Crippen LogP contribution in [0.15, 0.2) is 103 Å². The van der Waals surface area contributed by atoms with Gasteiger partial charge >= 0.3 is 11.9 Å². The number of anilines is 1. The van der Waals surface area contributed by atoms with Gasteiger partial charge in [0.15, 0.2) is 11.6 Å². The van der Waals surface area contributed by atoms with Crippen LogP contribution in [0.4, 0.5) is 5.69 Å². The first kappa shape index (κ1) is 30.5. The summed E-state index contributed by atoms with van der Waals surface area (Å²) in [4.78, 5) is 73.0. The number of amides is 2. The molecule has 44 heavy (non-hydrogen) atoms. The number of benzene rings is 4. The van der Waals surface area contributed by atoms with Crippen molar-refractivity contribution in [2.24, 2.45) is 5.73 Å². The maximum atomic E-state index is 13.0. The van der Waals surface area contributed by atoms with Gasteiger partial charge in [0, 0.05) is 16.8 Å². The first-order valence-electron chi connectivity index (χ1n) is 13.0. The second-order valence-corrected chi connectivity index (χ2v) is 9.38. The number of carbonyl (C=O) groups is 6. The van der Waals surface area contributed by atoms with Crippen molar-refractivity contribution in [2.75, 3.05) is 5.32 Å². The zero-order chi connectivity index (χ0) is 31.8. The van der Waals surface area contributed by atoms with Crippen LogP contribution >= 0.6 is 0 Å². The molecule has 0 unspecified atom stereocenters. The van der Waals surface area contributed by atoms with Gasteiger partial charge in [-0.05, 0) is 47.5 Å². The highest BCUT2D eigenvalue weighted by Crippen LogP contribution is 2.21. The topological polar surface area (TPSA) is 181 Å². The van der Waals surface area contributed by atoms with Crippen molar-refractivity contribution in [3.63, 3.8) is 0 Å². The molecule has 5 N–H and O–H groups in total. The van der Waals surface area contributed by atoms with E-state index in [1.54, 1.807) is 60.7 Å². The molecule has 4 aromatic carbocycles. The van der Waals surface area contributed by atoms with Gasteiger partial charge in [0.2, 0.25) is 5.91 Å². The second-order valence-electron chi connectivity index (χ2n) is 9.38. The first-order chi connectivity index (χ1) is 21.0. The maximum Gasteiger partial charge on any atom is 0.336 e. The number of hydrogen-bond donors (Lipinski definition) is 4. The Morgan fingerprint density at radius 2 is 1.07 bits per heavy atom. The summed E-state index contributed by atoms with van der Waals surface area (Å²) in [5, 5.41) is 21.3. The Morgan fingerprint density at radius 1 is 0.568 bits per heavy atom. The molecule has 0 fully saturated rings. The fourth-order valence-electron chi connectivity index (χ4n) is 4.15. The van der Waals surface area contributed by atoms with Crippen LogP contribution in [-0.4, -0.2) is 45.5 Å². The molecule has 218 valence electrons. The molecule has 10 heteroatoms. The SMILES string of the molecule is NC(=O)c1cc(C(=O)Nc2cccc(C(=O)C=Cc3ccc(C=CC(=O)c4ccccc4)cc3)c2)c(C(=O)O)cc1C(=O)O. The summed E-state index contributed by atoms with van der Waals surface area (Å²) >= 11 is 0. The lowest BCUT2D eigenvalue weighted by molar-refractivity contribution is 0.0689. The average molecular weight is 589 g/mol. The van der Waals surface area contributed by atoms with Crippen LogP contribution in [0.2, 0.25) is 0 Å². The minimum Gasteiger partial charge on any atom is -0.478 e. The highest BCUT2D eigenvalue weighted by Gasteiger charge is 2.25. The molecule has 0 bridgehead atoms. The largest absolute Gasteiger partial charge is 0.478 e. The number of aromatic carboxylic acids is 2. The lowest BCUT2D eigenvalue weighted by Crippen LogP contribution is -2.22. The van der Waals surface area contributed by atoms with E-state index in [-0.39, 0.29) is 22.8 Å². The molecule has 0 aromatic heterocycles. The number of nitrogens with one attached hydrogen (secondary N) is 1. The molecular formula is C34H24N2O8. The molecule has 0 radical (unpaired) electrons. The van der Waals surface area contributed by atoms with Gasteiger partial charge in [-0.15, -0.1) is 0 Å². The van der Waals surface area contributed by atoms with Crippen LogP contribution in [0.1, 0.15) is 73.3 Å². The summed E-state index contributed by atoms with van der Waals surface area (Å²) in [5.74, 6) is -5.79. The Bertz CT molecular complexity index is 1860. The van der Waals surface area contributed by atoms with Crippen molar-refractivity contribution in [1.29, 1.82) is 0 Å². The van der Waals surface area contributed by atoms with Crippen LogP contribution in [0.3, 0.4) is 0 Å². The number of hydrogen-bond acceptors (Lipinski definition) is 6. The van der Waals surface area contributed by atoms with Crippen LogP contribution in [0.5, 0.6) is 0 Å². The van der Waals surface area contributed by atoms with Crippen molar-refractivity contribution in [3.8, 4) is 0 Å². The Kier molecular flexibility index (Phi) is 9.37. The number of allylic oxidation sites excluding steroid dienone is 2. The lowest BCUT2D eigenvalue weighted by atomic mass is 9.97. The van der Waals surface area contributed by atoms with Gasteiger partial charge in [-0.2, -0.15) is 0 Å². The van der Waals surface area contributed by atoms with E-state index < -0.39 is 46.0 Å². The van der Waals surface area contributed by atoms with E-state index in [9.17, 15) is 39.0 Å². The average Bonchev–Trinajstić information content (AvgIpc) is 3.02. The smallest absolute Gasteiger partial charge is 0.336 e. The standard InChI is InChI=1S/C34H24N2O8/c35-31(39)25-18-26(28(34(43)44)19-27(25)33(41)42)32(40)36-24-8-4-7-23(17-24)30(38)16-14-21-11-9-20(10-12-21)13-15-29(37)22-5-2-1-3-6-22/h1-19H,(H2,35,39)(H,36,40)(H,41,42)(H,43,44). The second kappa shape index (κ2) is 13.5. The molecule has 0 aliphatic heterocycles. The Hall–Kier alpha value is -6.42. The number of nitrogens with two attached hydrogens (primary N) is 1. The van der Waals surface area contributed by atoms with E-state index in [0.717, 1.165) is 17.2 Å². The van der Waals surface area contributed by atoms with Gasteiger partial charge in [-0.25, -0.2) is 9.59 Å². The van der Waals surface area contributed by atoms with Gasteiger partial charge in [-0.3, -0.25) is 19.2 Å². The fraction of sp³-hybridized carbons (Fsp3) is 0. The monoisotopic (exact) mass is 588 g/mol. The number of carboxylic acids is 2. The highest BCUT2D eigenvalue weighted by molar-refractivity contribution is 6.15. The summed E-state index contributed by atoms with van der Waals surface area (Å²) in [6.45, 7) is 0. The summed E-state index contributed by atoms with van der Waals surface area (Å²) in [7, 11) is 0. The summed E-state index contributed by atoms with van der Waals surface area (Å²) in [6.07, 6.45) is 6.13. The zero-order valence-electron chi connectivity index (χ0n) is 22.9. The molecule has 2 amide bonds. The molecule has 0 aliphatic rings. The first-order valence-corrected chi connectivity index (χ1v) is 13.0. The summed E-state index contributed by atoms with van der Waals surface area (Å²) in [6, 6.07) is 23.4. The number of carboxylic acid groups (broad SMARTS) is 2. The van der Waals surface area contributed by atoms with Crippen LogP contribution < -0.4 is 11.1 Å². The van der Waals surface area contributed by atoms with Crippen molar-refractivity contribution >= 4 is 53.2 Å². The van der Waals surface area contributed by atoms with Crippen molar-refractivity contribution < 1.29 is 39.0 Å². The van der Waals surface area contributed by atoms with E-state index in [2.05, 4.69) is 5.32 Å². The van der Waals surface area contributed by atoms with Gasteiger partial charge in [0.25, 0.3) is 5.91 Å². The van der Waals surface area contributed by atoms with E-state index in [1.165, 1.54) is 36.4 Å². The van der Waals surface area contributed by atoms with Crippen LogP contribution in [-0.2, 0) is 0 Å². The summed E-state index contributed by atoms with van der Waals surface area (Å²) < 4.78 is 0. The van der Waals surface area contributed by atoms with E-state index >= 15 is 0 Å².